The zero-order chi connectivity index (χ0) is 19.2. The minimum atomic E-state index is 0.542. The van der Waals surface area contributed by atoms with Gasteiger partial charge in [0.2, 0.25) is 0 Å². The number of unbranched alkanes of at least 4 members (excludes halogenated alkanes) is 2. The Morgan fingerprint density at radius 3 is 2.41 bits per heavy atom. The summed E-state index contributed by atoms with van der Waals surface area (Å²) in [5, 5.41) is 7.06. The Bertz CT molecular complexity index is 390. The molecule has 0 saturated carbocycles. The molecule has 0 aromatic carbocycles. The molecule has 158 valence electrons. The lowest BCUT2D eigenvalue weighted by molar-refractivity contribution is 0.128. The van der Waals surface area contributed by atoms with Crippen molar-refractivity contribution in [1.82, 2.24) is 20.4 Å². The van der Waals surface area contributed by atoms with Gasteiger partial charge in [-0.15, -0.1) is 0 Å². The van der Waals surface area contributed by atoms with Gasteiger partial charge in [0.05, 0.1) is 6.61 Å². The van der Waals surface area contributed by atoms with Crippen molar-refractivity contribution in [1.29, 1.82) is 0 Å². The van der Waals surface area contributed by atoms with Crippen LogP contribution in [0.15, 0.2) is 4.99 Å². The van der Waals surface area contributed by atoms with Crippen LogP contribution in [0.25, 0.3) is 0 Å². The number of methoxy groups -OCH3 is 1. The fourth-order valence-electron chi connectivity index (χ4n) is 4.03. The van der Waals surface area contributed by atoms with Crippen LogP contribution < -0.4 is 10.6 Å². The summed E-state index contributed by atoms with van der Waals surface area (Å²) in [4.78, 5) is 9.94. The number of piperidine rings is 2. The highest BCUT2D eigenvalue weighted by Gasteiger charge is 2.19. The zero-order valence-corrected chi connectivity index (χ0v) is 17.8. The predicted octanol–water partition coefficient (Wildman–Crippen LogP) is 2.31. The third-order valence-corrected chi connectivity index (χ3v) is 5.74. The molecule has 2 rings (SSSR count). The summed E-state index contributed by atoms with van der Waals surface area (Å²) >= 11 is 0. The molecule has 2 aliphatic heterocycles. The number of nitrogens with one attached hydrogen (secondary N) is 2. The smallest absolute Gasteiger partial charge is 0.191 e. The molecule has 2 N–H and O–H groups in total. The third-order valence-electron chi connectivity index (χ3n) is 5.74. The van der Waals surface area contributed by atoms with Crippen molar-refractivity contribution in [3.63, 3.8) is 0 Å². The molecule has 0 aliphatic carbocycles. The van der Waals surface area contributed by atoms with Gasteiger partial charge in [0.1, 0.15) is 0 Å². The summed E-state index contributed by atoms with van der Waals surface area (Å²) in [7, 11) is 1.78. The van der Waals surface area contributed by atoms with Gasteiger partial charge in [-0.1, -0.05) is 12.8 Å². The van der Waals surface area contributed by atoms with E-state index in [0.29, 0.717) is 6.04 Å². The van der Waals surface area contributed by atoms with Crippen LogP contribution in [0.2, 0.25) is 0 Å². The fourth-order valence-corrected chi connectivity index (χ4v) is 4.03. The Labute approximate surface area is 167 Å². The highest BCUT2D eigenvalue weighted by atomic mass is 16.5. The van der Waals surface area contributed by atoms with E-state index in [9.17, 15) is 0 Å². The number of nitrogens with zero attached hydrogens (tertiary/aromatic N) is 3. The van der Waals surface area contributed by atoms with Crippen molar-refractivity contribution in [2.75, 3.05) is 66.1 Å². The van der Waals surface area contributed by atoms with Crippen LogP contribution in [0.1, 0.15) is 58.3 Å². The summed E-state index contributed by atoms with van der Waals surface area (Å²) in [5.74, 6) is 1.00. The third kappa shape index (κ3) is 9.77. The van der Waals surface area contributed by atoms with Crippen LogP contribution in [0.3, 0.4) is 0 Å². The molecule has 0 aromatic rings. The van der Waals surface area contributed by atoms with Gasteiger partial charge in [0, 0.05) is 45.9 Å². The fraction of sp³-hybridized carbons (Fsp3) is 0.952. The van der Waals surface area contributed by atoms with Gasteiger partial charge in [0.15, 0.2) is 5.96 Å². The molecule has 0 unspecified atom stereocenters. The number of hydrogen-bond donors (Lipinski definition) is 2. The molecule has 0 radical (unpaired) electrons. The highest BCUT2D eigenvalue weighted by Crippen LogP contribution is 2.11. The van der Waals surface area contributed by atoms with Crippen LogP contribution in [0.4, 0.5) is 0 Å². The maximum atomic E-state index is 5.19. The van der Waals surface area contributed by atoms with E-state index in [1.807, 2.05) is 0 Å². The number of hydrogen-bond acceptors (Lipinski definition) is 4. The monoisotopic (exact) mass is 381 g/mol. The van der Waals surface area contributed by atoms with Gasteiger partial charge in [-0.25, -0.2) is 0 Å². The molecule has 2 fully saturated rings. The Hall–Kier alpha value is -0.850. The molecular weight excluding hydrogens is 338 g/mol. The van der Waals surface area contributed by atoms with E-state index in [2.05, 4.69) is 27.4 Å². The van der Waals surface area contributed by atoms with E-state index in [1.165, 1.54) is 71.0 Å². The van der Waals surface area contributed by atoms with Crippen LogP contribution in [0, 0.1) is 0 Å². The van der Waals surface area contributed by atoms with Gasteiger partial charge < -0.3 is 25.2 Å². The van der Waals surface area contributed by atoms with Crippen LogP contribution in [-0.2, 0) is 4.74 Å². The zero-order valence-electron chi connectivity index (χ0n) is 17.8. The summed E-state index contributed by atoms with van der Waals surface area (Å²) in [5.41, 5.74) is 0. The van der Waals surface area contributed by atoms with Crippen LogP contribution in [-0.4, -0.2) is 87.9 Å². The van der Waals surface area contributed by atoms with Gasteiger partial charge in [-0.05, 0) is 65.1 Å². The van der Waals surface area contributed by atoms with Crippen LogP contribution in [0.5, 0.6) is 0 Å². The molecule has 0 amide bonds. The van der Waals surface area contributed by atoms with Gasteiger partial charge in [-0.3, -0.25) is 4.99 Å². The van der Waals surface area contributed by atoms with Crippen molar-refractivity contribution in [3.8, 4) is 0 Å². The summed E-state index contributed by atoms with van der Waals surface area (Å²) in [6, 6.07) is 0.542. The normalized spacial score (nSPS) is 20.7. The average molecular weight is 382 g/mol. The van der Waals surface area contributed by atoms with Crippen LogP contribution >= 0.6 is 0 Å². The summed E-state index contributed by atoms with van der Waals surface area (Å²) < 4.78 is 5.19. The maximum Gasteiger partial charge on any atom is 0.191 e. The number of guanidine groups is 1. The van der Waals surface area contributed by atoms with Gasteiger partial charge in [0.25, 0.3) is 0 Å². The second kappa shape index (κ2) is 14.2. The molecule has 0 aromatic heterocycles. The van der Waals surface area contributed by atoms with Crippen molar-refractivity contribution >= 4 is 5.96 Å². The molecule has 2 heterocycles. The highest BCUT2D eigenvalue weighted by molar-refractivity contribution is 5.80. The van der Waals surface area contributed by atoms with Crippen molar-refractivity contribution < 1.29 is 4.74 Å². The first-order chi connectivity index (χ1) is 13.3. The first kappa shape index (κ1) is 22.4. The minimum absolute atomic E-state index is 0.542. The first-order valence-corrected chi connectivity index (χ1v) is 11.3. The Kier molecular flexibility index (Phi) is 11.8. The molecule has 0 spiro atoms. The van der Waals surface area contributed by atoms with E-state index < -0.39 is 0 Å². The molecular formula is C21H43N5O. The number of ether oxygens (including phenoxy) is 1. The standard InChI is InChI=1S/C21H43N5O/c1-3-22-21(24-20-10-16-26(17-11-20)18-19-27-2)23-12-6-4-7-13-25-14-8-5-9-15-25/h20H,3-19H2,1-2H3,(H2,22,23,24). The Balaban J connectivity index is 1.58. The van der Waals surface area contributed by atoms with Crippen molar-refractivity contribution in [2.45, 2.75) is 64.3 Å². The molecule has 6 heteroatoms. The Morgan fingerprint density at radius 2 is 1.70 bits per heavy atom. The topological polar surface area (TPSA) is 52.1 Å². The van der Waals surface area contributed by atoms with Gasteiger partial charge in [-0.2, -0.15) is 0 Å². The molecule has 27 heavy (non-hydrogen) atoms. The van der Waals surface area contributed by atoms with Crippen molar-refractivity contribution in [2.24, 2.45) is 4.99 Å². The average Bonchev–Trinajstić information content (AvgIpc) is 2.71. The SMILES string of the molecule is CCNC(=NCCCCCN1CCCCC1)NC1CCN(CCOC)CC1. The van der Waals surface area contributed by atoms with Gasteiger partial charge >= 0.3 is 0 Å². The molecule has 2 saturated heterocycles. The van der Waals surface area contributed by atoms with E-state index in [1.54, 1.807) is 7.11 Å². The largest absolute Gasteiger partial charge is 0.383 e. The lowest BCUT2D eigenvalue weighted by Crippen LogP contribution is -2.49. The first-order valence-electron chi connectivity index (χ1n) is 11.3. The second-order valence-corrected chi connectivity index (χ2v) is 7.98. The lowest BCUT2D eigenvalue weighted by Gasteiger charge is -2.32. The van der Waals surface area contributed by atoms with E-state index in [0.717, 1.165) is 45.3 Å². The quantitative estimate of drug-likeness (QED) is 0.327. The molecule has 0 atom stereocenters. The Morgan fingerprint density at radius 1 is 0.963 bits per heavy atom. The predicted molar refractivity (Wildman–Crippen MR) is 115 cm³/mol. The number of aliphatic imine (C=N–C) groups is 1. The minimum Gasteiger partial charge on any atom is -0.383 e. The molecule has 0 bridgehead atoms. The van der Waals surface area contributed by atoms with Crippen molar-refractivity contribution in [3.05, 3.63) is 0 Å². The molecule has 2 aliphatic rings. The molecule has 6 nitrogen and oxygen atoms in total. The maximum absolute atomic E-state index is 5.19. The summed E-state index contributed by atoms with van der Waals surface area (Å²) in [6.07, 6.45) is 10.4. The van der Waals surface area contributed by atoms with E-state index in [-0.39, 0.29) is 0 Å². The lowest BCUT2D eigenvalue weighted by atomic mass is 10.1. The summed E-state index contributed by atoms with van der Waals surface area (Å²) in [6.45, 7) is 12.1. The van der Waals surface area contributed by atoms with E-state index in [4.69, 9.17) is 9.73 Å². The second-order valence-electron chi connectivity index (χ2n) is 7.98. The number of likely N-dealkylation sites (tertiary alicyclic amines) is 2. The number of rotatable bonds is 11. The van der Waals surface area contributed by atoms with E-state index >= 15 is 0 Å².